The van der Waals surface area contributed by atoms with Gasteiger partial charge in [-0.05, 0) is 49.2 Å². The SMILES string of the molecule is C/C(CC(=O)NCc1ccc(Cl)cc1)=N\NC(=O)C(=O)Nc1cccc(C)c1. The van der Waals surface area contributed by atoms with Gasteiger partial charge < -0.3 is 10.6 Å². The van der Waals surface area contributed by atoms with Gasteiger partial charge in [-0.3, -0.25) is 14.4 Å². The number of aryl methyl sites for hydroxylation is 1. The highest BCUT2D eigenvalue weighted by Crippen LogP contribution is 2.10. The first kappa shape index (κ1) is 21.1. The molecule has 3 amide bonds. The van der Waals surface area contributed by atoms with Crippen molar-refractivity contribution in [1.82, 2.24) is 10.7 Å². The minimum atomic E-state index is -0.914. The first-order valence-corrected chi connectivity index (χ1v) is 8.93. The number of amides is 3. The van der Waals surface area contributed by atoms with E-state index in [1.165, 1.54) is 0 Å². The summed E-state index contributed by atoms with van der Waals surface area (Å²) in [5, 5.41) is 9.64. The van der Waals surface area contributed by atoms with Crippen molar-refractivity contribution in [2.24, 2.45) is 5.10 Å². The molecule has 0 atom stereocenters. The molecule has 0 spiro atoms. The predicted octanol–water partition coefficient (Wildman–Crippen LogP) is 2.79. The zero-order valence-electron chi connectivity index (χ0n) is 15.6. The molecule has 0 heterocycles. The maximum absolute atomic E-state index is 11.9. The normalized spacial score (nSPS) is 10.9. The van der Waals surface area contributed by atoms with Gasteiger partial charge in [0.1, 0.15) is 0 Å². The second-order valence-corrected chi connectivity index (χ2v) is 6.63. The Labute approximate surface area is 168 Å². The molecule has 28 heavy (non-hydrogen) atoms. The van der Waals surface area contributed by atoms with Gasteiger partial charge in [-0.25, -0.2) is 5.43 Å². The molecule has 2 rings (SSSR count). The Morgan fingerprint density at radius 1 is 1.04 bits per heavy atom. The fourth-order valence-corrected chi connectivity index (χ4v) is 2.37. The first-order chi connectivity index (χ1) is 13.3. The lowest BCUT2D eigenvalue weighted by molar-refractivity contribution is -0.136. The average molecular weight is 401 g/mol. The third-order valence-corrected chi connectivity index (χ3v) is 3.90. The molecule has 0 saturated carbocycles. The van der Waals surface area contributed by atoms with Crippen molar-refractivity contribution < 1.29 is 14.4 Å². The number of hydrazone groups is 1. The van der Waals surface area contributed by atoms with Crippen molar-refractivity contribution in [1.29, 1.82) is 0 Å². The van der Waals surface area contributed by atoms with Crippen LogP contribution in [0.4, 0.5) is 5.69 Å². The molecule has 0 aliphatic carbocycles. The Bertz CT molecular complexity index is 895. The summed E-state index contributed by atoms with van der Waals surface area (Å²) < 4.78 is 0. The van der Waals surface area contributed by atoms with Gasteiger partial charge in [0.15, 0.2) is 0 Å². The Morgan fingerprint density at radius 3 is 2.43 bits per heavy atom. The first-order valence-electron chi connectivity index (χ1n) is 8.56. The molecule has 0 fully saturated rings. The number of anilines is 1. The molecule has 0 radical (unpaired) electrons. The number of hydrogen-bond donors (Lipinski definition) is 3. The van der Waals surface area contributed by atoms with Crippen LogP contribution in [0.2, 0.25) is 5.02 Å². The van der Waals surface area contributed by atoms with Crippen molar-refractivity contribution >= 4 is 40.7 Å². The minimum absolute atomic E-state index is 0.00658. The molecular formula is C20H21ClN4O3. The number of nitrogens with zero attached hydrogens (tertiary/aromatic N) is 1. The summed E-state index contributed by atoms with van der Waals surface area (Å²) >= 11 is 5.81. The van der Waals surface area contributed by atoms with Crippen LogP contribution >= 0.6 is 11.6 Å². The molecule has 0 saturated heterocycles. The lowest BCUT2D eigenvalue weighted by atomic mass is 10.2. The summed E-state index contributed by atoms with van der Waals surface area (Å²) in [6, 6.07) is 14.2. The predicted molar refractivity (Wildman–Crippen MR) is 109 cm³/mol. The number of hydrogen-bond acceptors (Lipinski definition) is 4. The zero-order chi connectivity index (χ0) is 20.5. The van der Waals surface area contributed by atoms with Crippen molar-refractivity contribution in [3.8, 4) is 0 Å². The molecule has 8 heteroatoms. The van der Waals surface area contributed by atoms with Gasteiger partial charge in [0.05, 0.1) is 6.42 Å². The topological polar surface area (TPSA) is 99.7 Å². The van der Waals surface area contributed by atoms with E-state index in [1.54, 1.807) is 37.3 Å². The van der Waals surface area contributed by atoms with Crippen LogP contribution in [0, 0.1) is 6.92 Å². The molecule has 2 aromatic rings. The number of nitrogens with one attached hydrogen (secondary N) is 3. The van der Waals surface area contributed by atoms with Crippen LogP contribution in [0.1, 0.15) is 24.5 Å². The monoisotopic (exact) mass is 400 g/mol. The summed E-state index contributed by atoms with van der Waals surface area (Å²) in [6.45, 7) is 3.82. The van der Waals surface area contributed by atoms with Crippen molar-refractivity contribution in [2.45, 2.75) is 26.8 Å². The minimum Gasteiger partial charge on any atom is -0.352 e. The maximum atomic E-state index is 11.9. The lowest BCUT2D eigenvalue weighted by Crippen LogP contribution is -2.33. The van der Waals surface area contributed by atoms with Crippen LogP contribution in [0.3, 0.4) is 0 Å². The van der Waals surface area contributed by atoms with Crippen LogP contribution in [-0.2, 0) is 20.9 Å². The van der Waals surface area contributed by atoms with Gasteiger partial charge in [-0.1, -0.05) is 35.9 Å². The fraction of sp³-hybridized carbons (Fsp3) is 0.200. The average Bonchev–Trinajstić information content (AvgIpc) is 2.65. The molecule has 0 unspecified atom stereocenters. The Morgan fingerprint density at radius 2 is 1.75 bits per heavy atom. The van der Waals surface area contributed by atoms with Crippen molar-refractivity contribution in [3.05, 3.63) is 64.7 Å². The van der Waals surface area contributed by atoms with E-state index in [9.17, 15) is 14.4 Å². The van der Waals surface area contributed by atoms with Gasteiger partial charge >= 0.3 is 11.8 Å². The third kappa shape index (κ3) is 7.20. The van der Waals surface area contributed by atoms with E-state index in [2.05, 4.69) is 21.2 Å². The molecule has 0 aromatic heterocycles. The lowest BCUT2D eigenvalue weighted by Gasteiger charge is -2.07. The number of rotatable bonds is 6. The van der Waals surface area contributed by atoms with Gasteiger partial charge in [-0.15, -0.1) is 0 Å². The molecule has 0 bridgehead atoms. The van der Waals surface area contributed by atoms with Gasteiger partial charge in [0.25, 0.3) is 0 Å². The molecule has 0 aliphatic heterocycles. The van der Waals surface area contributed by atoms with Gasteiger partial charge in [0.2, 0.25) is 5.91 Å². The second-order valence-electron chi connectivity index (χ2n) is 6.19. The van der Waals surface area contributed by atoms with Crippen molar-refractivity contribution in [2.75, 3.05) is 5.32 Å². The van der Waals surface area contributed by atoms with Crippen LogP contribution in [0.5, 0.6) is 0 Å². The van der Waals surface area contributed by atoms with Gasteiger partial charge in [-0.2, -0.15) is 5.10 Å². The maximum Gasteiger partial charge on any atom is 0.329 e. The summed E-state index contributed by atoms with van der Waals surface area (Å²) in [6.07, 6.45) is -0.00658. The number of carbonyl (C=O) groups excluding carboxylic acids is 3. The highest BCUT2D eigenvalue weighted by atomic mass is 35.5. The summed E-state index contributed by atoms with van der Waals surface area (Å²) in [7, 11) is 0. The standard InChI is InChI=1S/C20H21ClN4O3/c1-13-4-3-5-17(10-13)23-19(27)20(28)25-24-14(2)11-18(26)22-12-15-6-8-16(21)9-7-15/h3-10H,11-12H2,1-2H3,(H,22,26)(H,23,27)(H,25,28)/b24-14+. The van der Waals surface area contributed by atoms with E-state index >= 15 is 0 Å². The zero-order valence-corrected chi connectivity index (χ0v) is 16.3. The molecule has 7 nitrogen and oxygen atoms in total. The van der Waals surface area contributed by atoms with E-state index < -0.39 is 11.8 Å². The highest BCUT2D eigenvalue weighted by Gasteiger charge is 2.13. The van der Waals surface area contributed by atoms with Crippen LogP contribution in [0.25, 0.3) is 0 Å². The third-order valence-electron chi connectivity index (χ3n) is 3.65. The Kier molecular flexibility index (Phi) is 7.71. The smallest absolute Gasteiger partial charge is 0.329 e. The number of halogens is 1. The highest BCUT2D eigenvalue weighted by molar-refractivity contribution is 6.39. The quantitative estimate of drug-likeness (QED) is 0.395. The second kappa shape index (κ2) is 10.2. The van der Waals surface area contributed by atoms with E-state index in [4.69, 9.17) is 11.6 Å². The van der Waals surface area contributed by atoms with Gasteiger partial charge in [0, 0.05) is 23.0 Å². The Balaban J connectivity index is 1.77. The fourth-order valence-electron chi connectivity index (χ4n) is 2.24. The van der Waals surface area contributed by atoms with E-state index in [0.717, 1.165) is 11.1 Å². The Hall–Kier alpha value is -3.19. The number of carbonyl (C=O) groups is 3. The summed E-state index contributed by atoms with van der Waals surface area (Å²) in [5.74, 6) is -2.01. The van der Waals surface area contributed by atoms with E-state index in [0.29, 0.717) is 23.0 Å². The van der Waals surface area contributed by atoms with E-state index in [1.807, 2.05) is 25.1 Å². The van der Waals surface area contributed by atoms with Crippen LogP contribution in [-0.4, -0.2) is 23.4 Å². The molecule has 146 valence electrons. The largest absolute Gasteiger partial charge is 0.352 e. The van der Waals surface area contributed by atoms with E-state index in [-0.39, 0.29) is 12.3 Å². The molecule has 2 aromatic carbocycles. The molecule has 3 N–H and O–H groups in total. The van der Waals surface area contributed by atoms with Crippen LogP contribution < -0.4 is 16.1 Å². The van der Waals surface area contributed by atoms with Crippen LogP contribution in [0.15, 0.2) is 53.6 Å². The summed E-state index contributed by atoms with van der Waals surface area (Å²) in [4.78, 5) is 35.6. The number of benzene rings is 2. The van der Waals surface area contributed by atoms with Crippen molar-refractivity contribution in [3.63, 3.8) is 0 Å². The molecule has 0 aliphatic rings. The molecular weight excluding hydrogens is 380 g/mol. The summed E-state index contributed by atoms with van der Waals surface area (Å²) in [5.41, 5.74) is 4.89.